The van der Waals surface area contributed by atoms with Crippen LogP contribution in [0.3, 0.4) is 0 Å². The maximum absolute atomic E-state index is 14.0. The summed E-state index contributed by atoms with van der Waals surface area (Å²) in [6.07, 6.45) is 2.83. The molecule has 6 nitrogen and oxygen atoms in total. The van der Waals surface area contributed by atoms with Crippen LogP contribution in [0.4, 0.5) is 20.3 Å². The normalized spacial score (nSPS) is 16.9. The number of nitrogens with one attached hydrogen (secondary N) is 1. The smallest absolute Gasteiger partial charge is 0.247 e. The Morgan fingerprint density at radius 2 is 2.19 bits per heavy atom. The van der Waals surface area contributed by atoms with E-state index < -0.39 is 29.3 Å². The van der Waals surface area contributed by atoms with Gasteiger partial charge in [-0.05, 0) is 38.0 Å². The number of aromatic hydroxyl groups is 1. The maximum atomic E-state index is 14.0. The zero-order valence-electron chi connectivity index (χ0n) is 14.4. The molecule has 0 bridgehead atoms. The number of carbonyl (C=O) groups excluding carboxylic acids is 1. The molecule has 1 fully saturated rings. The number of phenols is 1. The van der Waals surface area contributed by atoms with E-state index in [4.69, 9.17) is 0 Å². The molecule has 4 rings (SSSR count). The predicted molar refractivity (Wildman–Crippen MR) is 99.2 cm³/mol. The van der Waals surface area contributed by atoms with Gasteiger partial charge in [-0.15, -0.1) is 11.3 Å². The molecule has 140 valence electrons. The minimum atomic E-state index is -1.19. The molecule has 9 heteroatoms. The third-order valence-corrected chi connectivity index (χ3v) is 5.54. The molecule has 1 atom stereocenters. The van der Waals surface area contributed by atoms with Gasteiger partial charge < -0.3 is 15.3 Å². The quantitative estimate of drug-likeness (QED) is 0.715. The molecule has 1 unspecified atom stereocenters. The van der Waals surface area contributed by atoms with Gasteiger partial charge in [-0.3, -0.25) is 4.79 Å². The molecule has 0 aliphatic carbocycles. The average molecular weight is 390 g/mol. The van der Waals surface area contributed by atoms with Crippen LogP contribution in [0.25, 0.3) is 10.2 Å². The van der Waals surface area contributed by atoms with Crippen molar-refractivity contribution in [3.05, 3.63) is 41.0 Å². The van der Waals surface area contributed by atoms with E-state index in [1.807, 2.05) is 17.9 Å². The van der Waals surface area contributed by atoms with Crippen molar-refractivity contribution in [2.45, 2.75) is 25.8 Å². The van der Waals surface area contributed by atoms with Crippen molar-refractivity contribution >= 4 is 39.0 Å². The number of phenolic OH excluding ortho intramolecular Hbond substituents is 1. The standard InChI is InChI=1S/C18H16F2N4O2S/c1-9-7-10-16(21-8-22-18(10)27-9)24-6-2-3-13(24)17(26)23-12-5-4-11(19)15(25)14(12)20/h4-5,7-8,13,25H,2-3,6H2,1H3,(H,23,26). The summed E-state index contributed by atoms with van der Waals surface area (Å²) in [6.45, 7) is 2.62. The zero-order chi connectivity index (χ0) is 19.1. The van der Waals surface area contributed by atoms with Gasteiger partial charge in [0, 0.05) is 11.4 Å². The van der Waals surface area contributed by atoms with Crippen LogP contribution in [0, 0.1) is 18.6 Å². The fourth-order valence-electron chi connectivity index (χ4n) is 3.34. The Bertz CT molecular complexity index is 1040. The first-order valence-corrected chi connectivity index (χ1v) is 9.23. The van der Waals surface area contributed by atoms with Gasteiger partial charge in [-0.25, -0.2) is 18.7 Å². The van der Waals surface area contributed by atoms with Crippen molar-refractivity contribution in [1.29, 1.82) is 0 Å². The Hall–Kier alpha value is -2.81. The number of halogens is 2. The molecule has 0 spiro atoms. The molecule has 1 aromatic carbocycles. The summed E-state index contributed by atoms with van der Waals surface area (Å²) in [6, 6.07) is 3.44. The van der Waals surface area contributed by atoms with Gasteiger partial charge in [0.2, 0.25) is 5.91 Å². The predicted octanol–water partition coefficient (Wildman–Crippen LogP) is 3.59. The van der Waals surface area contributed by atoms with Crippen molar-refractivity contribution < 1.29 is 18.7 Å². The number of fused-ring (bicyclic) bond motifs is 1. The average Bonchev–Trinajstić information content (AvgIpc) is 3.27. The van der Waals surface area contributed by atoms with Gasteiger partial charge in [0.1, 0.15) is 23.0 Å². The van der Waals surface area contributed by atoms with Crippen LogP contribution >= 0.6 is 11.3 Å². The van der Waals surface area contributed by atoms with E-state index in [1.54, 1.807) is 11.3 Å². The first-order valence-electron chi connectivity index (χ1n) is 8.41. The lowest BCUT2D eigenvalue weighted by molar-refractivity contribution is -0.117. The molecule has 3 aromatic rings. The summed E-state index contributed by atoms with van der Waals surface area (Å²) in [5.74, 6) is -3.14. The van der Waals surface area contributed by atoms with Crippen LogP contribution in [0.2, 0.25) is 0 Å². The molecule has 27 heavy (non-hydrogen) atoms. The Labute approximate surface area is 157 Å². The fourth-order valence-corrected chi connectivity index (χ4v) is 4.18. The van der Waals surface area contributed by atoms with Crippen LogP contribution in [0.15, 0.2) is 24.5 Å². The lowest BCUT2D eigenvalue weighted by Crippen LogP contribution is -2.40. The zero-order valence-corrected chi connectivity index (χ0v) is 15.2. The van der Waals surface area contributed by atoms with Crippen molar-refractivity contribution in [2.24, 2.45) is 0 Å². The first-order chi connectivity index (χ1) is 13.0. The number of hydrogen-bond donors (Lipinski definition) is 2. The number of thiophene rings is 1. The van der Waals surface area contributed by atoms with Crippen LogP contribution in [-0.4, -0.2) is 33.6 Å². The number of hydrogen-bond acceptors (Lipinski definition) is 6. The number of benzene rings is 1. The van der Waals surface area contributed by atoms with Gasteiger partial charge in [0.25, 0.3) is 0 Å². The van der Waals surface area contributed by atoms with Gasteiger partial charge >= 0.3 is 0 Å². The van der Waals surface area contributed by atoms with E-state index in [1.165, 1.54) is 6.33 Å². The van der Waals surface area contributed by atoms with E-state index in [-0.39, 0.29) is 5.69 Å². The van der Waals surface area contributed by atoms with Crippen LogP contribution < -0.4 is 10.2 Å². The summed E-state index contributed by atoms with van der Waals surface area (Å²) >= 11 is 1.55. The van der Waals surface area contributed by atoms with Gasteiger partial charge in [0.15, 0.2) is 17.4 Å². The SMILES string of the molecule is Cc1cc2c(N3CCCC3C(=O)Nc3ccc(F)c(O)c3F)ncnc2s1. The summed E-state index contributed by atoms with van der Waals surface area (Å²) < 4.78 is 27.2. The topological polar surface area (TPSA) is 78.4 Å². The molecule has 1 aliphatic rings. The second-order valence-electron chi connectivity index (χ2n) is 6.37. The Morgan fingerprint density at radius 1 is 1.37 bits per heavy atom. The number of aromatic nitrogens is 2. The summed E-state index contributed by atoms with van der Waals surface area (Å²) in [7, 11) is 0. The summed E-state index contributed by atoms with van der Waals surface area (Å²) in [5, 5.41) is 12.7. The summed E-state index contributed by atoms with van der Waals surface area (Å²) in [5.41, 5.74) is -0.259. The second-order valence-corrected chi connectivity index (χ2v) is 7.61. The third kappa shape index (κ3) is 3.08. The number of aryl methyl sites for hydroxylation is 1. The highest BCUT2D eigenvalue weighted by Crippen LogP contribution is 2.34. The monoisotopic (exact) mass is 390 g/mol. The van der Waals surface area contributed by atoms with Gasteiger partial charge in [0.05, 0.1) is 11.1 Å². The van der Waals surface area contributed by atoms with Gasteiger partial charge in [-0.1, -0.05) is 0 Å². The third-order valence-electron chi connectivity index (χ3n) is 4.58. The highest BCUT2D eigenvalue weighted by Gasteiger charge is 2.33. The minimum Gasteiger partial charge on any atom is -0.503 e. The molecule has 2 N–H and O–H groups in total. The summed E-state index contributed by atoms with van der Waals surface area (Å²) in [4.78, 5) is 25.2. The van der Waals surface area contributed by atoms with Gasteiger partial charge in [-0.2, -0.15) is 0 Å². The molecule has 2 aromatic heterocycles. The van der Waals surface area contributed by atoms with Crippen molar-refractivity contribution in [2.75, 3.05) is 16.8 Å². The second kappa shape index (κ2) is 6.73. The first kappa shape index (κ1) is 17.6. The molecule has 1 aliphatic heterocycles. The minimum absolute atomic E-state index is 0.259. The van der Waals surface area contributed by atoms with Crippen molar-refractivity contribution in [1.82, 2.24) is 9.97 Å². The molecule has 3 heterocycles. The molecule has 0 radical (unpaired) electrons. The number of anilines is 2. The number of carbonyl (C=O) groups is 1. The number of amides is 1. The Morgan fingerprint density at radius 3 is 3.00 bits per heavy atom. The van der Waals surface area contributed by atoms with Crippen LogP contribution in [0.1, 0.15) is 17.7 Å². The number of nitrogens with zero attached hydrogens (tertiary/aromatic N) is 3. The van der Waals surface area contributed by atoms with Crippen LogP contribution in [-0.2, 0) is 4.79 Å². The van der Waals surface area contributed by atoms with E-state index in [2.05, 4.69) is 15.3 Å². The van der Waals surface area contributed by atoms with E-state index in [0.29, 0.717) is 18.8 Å². The largest absolute Gasteiger partial charge is 0.503 e. The Balaban J connectivity index is 1.63. The van der Waals surface area contributed by atoms with Crippen LogP contribution in [0.5, 0.6) is 5.75 Å². The van der Waals surface area contributed by atoms with Crippen molar-refractivity contribution in [3.8, 4) is 5.75 Å². The molecular weight excluding hydrogens is 374 g/mol. The van der Waals surface area contributed by atoms with E-state index in [0.717, 1.165) is 33.6 Å². The van der Waals surface area contributed by atoms with E-state index >= 15 is 0 Å². The number of rotatable bonds is 3. The van der Waals surface area contributed by atoms with Crippen molar-refractivity contribution in [3.63, 3.8) is 0 Å². The highest BCUT2D eigenvalue weighted by atomic mass is 32.1. The molecule has 1 saturated heterocycles. The maximum Gasteiger partial charge on any atom is 0.247 e. The highest BCUT2D eigenvalue weighted by molar-refractivity contribution is 7.18. The lowest BCUT2D eigenvalue weighted by atomic mass is 10.2. The molecular formula is C18H16F2N4O2S. The lowest BCUT2D eigenvalue weighted by Gasteiger charge is -2.25. The fraction of sp³-hybridized carbons (Fsp3) is 0.278. The molecule has 0 saturated carbocycles. The molecule has 1 amide bonds. The van der Waals surface area contributed by atoms with E-state index in [9.17, 15) is 18.7 Å². The Kier molecular flexibility index (Phi) is 4.39.